The average Bonchev–Trinajstić information content (AvgIpc) is 3.31. The van der Waals surface area contributed by atoms with Crippen molar-refractivity contribution in [1.82, 2.24) is 9.88 Å². The molecule has 3 aromatic carbocycles. The lowest BCUT2D eigenvalue weighted by Crippen LogP contribution is -2.42. The largest absolute Gasteiger partial charge is 0.497 e. The number of ether oxygens (including phenoxy) is 3. The highest BCUT2D eigenvalue weighted by Crippen LogP contribution is 2.45. The summed E-state index contributed by atoms with van der Waals surface area (Å²) in [5, 5.41) is 0.842. The van der Waals surface area contributed by atoms with E-state index in [1.54, 1.807) is 37.4 Å². The molecule has 0 saturated heterocycles. The quantitative estimate of drug-likeness (QED) is 0.162. The van der Waals surface area contributed by atoms with E-state index in [0.29, 0.717) is 48.7 Å². The van der Waals surface area contributed by atoms with Crippen molar-refractivity contribution in [3.05, 3.63) is 94.4 Å². The summed E-state index contributed by atoms with van der Waals surface area (Å²) < 4.78 is 37.6. The third-order valence-electron chi connectivity index (χ3n) is 8.76. The second-order valence-electron chi connectivity index (χ2n) is 12.7. The third-order valence-corrected chi connectivity index (χ3v) is 13.3. The number of halogens is 1. The van der Waals surface area contributed by atoms with Crippen LogP contribution in [0.15, 0.2) is 60.8 Å². The van der Waals surface area contributed by atoms with Crippen LogP contribution in [0.5, 0.6) is 17.2 Å². The van der Waals surface area contributed by atoms with E-state index in [2.05, 4.69) is 33.9 Å². The first-order valence-electron chi connectivity index (χ1n) is 14.9. The van der Waals surface area contributed by atoms with Crippen molar-refractivity contribution in [2.45, 2.75) is 58.5 Å². The Hall–Kier alpha value is -3.95. The van der Waals surface area contributed by atoms with Crippen molar-refractivity contribution < 1.29 is 27.8 Å². The first-order chi connectivity index (χ1) is 20.9. The van der Waals surface area contributed by atoms with Crippen LogP contribution in [0.2, 0.25) is 18.1 Å². The monoisotopic (exact) mass is 616 g/mol. The number of carbonyl (C=O) groups is 1. The maximum Gasteiger partial charge on any atom is 0.258 e. The number of hydrogen-bond acceptors (Lipinski definition) is 6. The number of amides is 1. The van der Waals surface area contributed by atoms with Crippen LogP contribution in [0.1, 0.15) is 53.4 Å². The van der Waals surface area contributed by atoms with Gasteiger partial charge in [0.1, 0.15) is 29.4 Å². The summed E-state index contributed by atoms with van der Waals surface area (Å²) in [7, 11) is 1.27. The lowest BCUT2D eigenvalue weighted by atomic mass is 9.99. The van der Waals surface area contributed by atoms with Crippen molar-refractivity contribution in [3.63, 3.8) is 0 Å². The first-order valence-corrected chi connectivity index (χ1v) is 17.8. The van der Waals surface area contributed by atoms with E-state index in [1.807, 2.05) is 30.3 Å². The minimum absolute atomic E-state index is 0.0751. The SMILES string of the molecule is COc1ccc(COc2c3c(c(OC)c4cc(Cc5ccc(F)cc5)cnc24)CN(CCO[Si](C)(C)C(C)(C)C)C3=O)cc1. The molecule has 0 spiro atoms. The number of nitrogens with zero attached hydrogens (tertiary/aromatic N) is 2. The Morgan fingerprint density at radius 2 is 1.61 bits per heavy atom. The normalized spacial score (nSPS) is 13.4. The molecule has 4 aromatic rings. The molecule has 0 aliphatic carbocycles. The maximum atomic E-state index is 14.0. The van der Waals surface area contributed by atoms with Gasteiger partial charge >= 0.3 is 0 Å². The van der Waals surface area contributed by atoms with Crippen LogP contribution >= 0.6 is 0 Å². The van der Waals surface area contributed by atoms with Gasteiger partial charge in [0, 0.05) is 23.7 Å². The van der Waals surface area contributed by atoms with E-state index in [9.17, 15) is 9.18 Å². The maximum absolute atomic E-state index is 14.0. The van der Waals surface area contributed by atoms with Crippen molar-refractivity contribution in [1.29, 1.82) is 0 Å². The van der Waals surface area contributed by atoms with Crippen LogP contribution in [0.25, 0.3) is 10.9 Å². The van der Waals surface area contributed by atoms with Crippen LogP contribution in [0, 0.1) is 5.82 Å². The standard InChI is InChI=1S/C35H41FN2O5Si/c1-35(2,3)44(6,7)43-17-16-38-21-29-30(34(38)39)33(42-22-24-10-14-27(40-4)15-11-24)31-28(32(29)41-5)19-25(20-37-31)18-23-8-12-26(36)13-9-23/h8-15,19-20H,16-18,21-22H2,1-7H3. The highest BCUT2D eigenvalue weighted by molar-refractivity contribution is 6.74. The number of carbonyl (C=O) groups excluding carboxylic acids is 1. The lowest BCUT2D eigenvalue weighted by molar-refractivity contribution is 0.0745. The van der Waals surface area contributed by atoms with Gasteiger partial charge in [-0.25, -0.2) is 4.39 Å². The summed E-state index contributed by atoms with van der Waals surface area (Å²) >= 11 is 0. The van der Waals surface area contributed by atoms with E-state index in [0.717, 1.165) is 33.4 Å². The van der Waals surface area contributed by atoms with E-state index in [4.69, 9.17) is 23.6 Å². The molecule has 0 unspecified atom stereocenters. The van der Waals surface area contributed by atoms with E-state index in [1.165, 1.54) is 12.1 Å². The number of rotatable bonds is 11. The molecule has 5 rings (SSSR count). The Kier molecular flexibility index (Phi) is 8.99. The van der Waals surface area contributed by atoms with Gasteiger partial charge in [-0.05, 0) is 71.6 Å². The topological polar surface area (TPSA) is 70.1 Å². The third kappa shape index (κ3) is 6.44. The molecule has 9 heteroatoms. The molecule has 0 bridgehead atoms. The minimum Gasteiger partial charge on any atom is -0.497 e. The molecular formula is C35H41FN2O5Si. The zero-order chi connectivity index (χ0) is 31.6. The smallest absolute Gasteiger partial charge is 0.258 e. The molecule has 1 aliphatic rings. The van der Waals surface area contributed by atoms with E-state index >= 15 is 0 Å². The Morgan fingerprint density at radius 1 is 0.932 bits per heavy atom. The van der Waals surface area contributed by atoms with Gasteiger partial charge in [-0.3, -0.25) is 9.78 Å². The number of pyridine rings is 1. The van der Waals surface area contributed by atoms with Crippen molar-refractivity contribution in [2.24, 2.45) is 0 Å². The van der Waals surface area contributed by atoms with Crippen LogP contribution in [-0.2, 0) is 24.0 Å². The zero-order valence-corrected chi connectivity index (χ0v) is 27.6. The molecule has 232 valence electrons. The van der Waals surface area contributed by atoms with Gasteiger partial charge in [0.15, 0.2) is 14.1 Å². The van der Waals surface area contributed by atoms with Crippen LogP contribution in [-0.4, -0.2) is 51.5 Å². The molecule has 0 saturated carbocycles. The van der Waals surface area contributed by atoms with Crippen molar-refractivity contribution >= 4 is 25.1 Å². The fraction of sp³-hybridized carbons (Fsp3) is 0.371. The predicted octanol–water partition coefficient (Wildman–Crippen LogP) is 7.54. The van der Waals surface area contributed by atoms with Gasteiger partial charge in [0.05, 0.1) is 32.9 Å². The summed E-state index contributed by atoms with van der Waals surface area (Å²) in [6.45, 7) is 12.6. The van der Waals surface area contributed by atoms with Gasteiger partial charge in [0.25, 0.3) is 5.91 Å². The summed E-state index contributed by atoms with van der Waals surface area (Å²) in [6, 6.07) is 16.1. The first kappa shape index (κ1) is 31.5. The molecule has 2 heterocycles. The van der Waals surface area contributed by atoms with E-state index < -0.39 is 8.32 Å². The van der Waals surface area contributed by atoms with Gasteiger partial charge in [-0.2, -0.15) is 0 Å². The molecule has 0 atom stereocenters. The van der Waals surface area contributed by atoms with Gasteiger partial charge in [-0.15, -0.1) is 0 Å². The second kappa shape index (κ2) is 12.6. The summed E-state index contributed by atoms with van der Waals surface area (Å²) in [6.07, 6.45) is 2.35. The molecule has 44 heavy (non-hydrogen) atoms. The molecule has 1 aromatic heterocycles. The summed E-state index contributed by atoms with van der Waals surface area (Å²) in [4.78, 5) is 20.6. The van der Waals surface area contributed by atoms with Gasteiger partial charge < -0.3 is 23.5 Å². The van der Waals surface area contributed by atoms with Gasteiger partial charge in [0.2, 0.25) is 0 Å². The molecule has 0 radical (unpaired) electrons. The highest BCUT2D eigenvalue weighted by Gasteiger charge is 2.39. The Bertz CT molecular complexity index is 1650. The fourth-order valence-electron chi connectivity index (χ4n) is 5.19. The lowest BCUT2D eigenvalue weighted by Gasteiger charge is -2.36. The number of aromatic nitrogens is 1. The molecule has 0 N–H and O–H groups in total. The highest BCUT2D eigenvalue weighted by atomic mass is 28.4. The number of hydrogen-bond donors (Lipinski definition) is 0. The van der Waals surface area contributed by atoms with Crippen molar-refractivity contribution in [3.8, 4) is 17.2 Å². The Morgan fingerprint density at radius 3 is 2.25 bits per heavy atom. The predicted molar refractivity (Wildman–Crippen MR) is 173 cm³/mol. The second-order valence-corrected chi connectivity index (χ2v) is 17.5. The zero-order valence-electron chi connectivity index (χ0n) is 26.6. The van der Waals surface area contributed by atoms with Crippen LogP contribution < -0.4 is 14.2 Å². The van der Waals surface area contributed by atoms with E-state index in [-0.39, 0.29) is 23.4 Å². The Labute approximate surface area is 260 Å². The summed E-state index contributed by atoms with van der Waals surface area (Å²) in [5.74, 6) is 1.41. The molecule has 1 amide bonds. The number of benzene rings is 3. The Balaban J connectivity index is 1.51. The number of fused-ring (bicyclic) bond motifs is 2. The van der Waals surface area contributed by atoms with Crippen LogP contribution in [0.4, 0.5) is 4.39 Å². The van der Waals surface area contributed by atoms with Crippen molar-refractivity contribution in [2.75, 3.05) is 27.4 Å². The fourth-order valence-corrected chi connectivity index (χ4v) is 6.22. The molecule has 0 fully saturated rings. The molecule has 7 nitrogen and oxygen atoms in total. The summed E-state index contributed by atoms with van der Waals surface area (Å²) in [5.41, 5.74) is 4.65. The van der Waals surface area contributed by atoms with Gasteiger partial charge in [-0.1, -0.05) is 45.0 Å². The van der Waals surface area contributed by atoms with Crippen LogP contribution in [0.3, 0.4) is 0 Å². The molecule has 1 aliphatic heterocycles. The molecular weight excluding hydrogens is 575 g/mol. The average molecular weight is 617 g/mol. The number of methoxy groups -OCH3 is 2. The minimum atomic E-state index is -1.97.